The van der Waals surface area contributed by atoms with Gasteiger partial charge in [-0.15, -0.1) is 0 Å². The highest BCUT2D eigenvalue weighted by Gasteiger charge is 2.22. The summed E-state index contributed by atoms with van der Waals surface area (Å²) in [6.07, 6.45) is 4.92. The van der Waals surface area contributed by atoms with Crippen LogP contribution in [0.25, 0.3) is 33.4 Å². The second-order valence-corrected chi connectivity index (χ2v) is 5.80. The van der Waals surface area contributed by atoms with E-state index >= 15 is 0 Å². The molecule has 0 saturated heterocycles. The first-order valence-electron chi connectivity index (χ1n) is 8.16. The monoisotopic (exact) mass is 363 g/mol. The van der Waals surface area contributed by atoms with E-state index in [2.05, 4.69) is 9.97 Å². The topological polar surface area (TPSA) is 77.2 Å². The zero-order valence-electron chi connectivity index (χ0n) is 14.0. The van der Waals surface area contributed by atoms with Crippen LogP contribution in [0.4, 0.5) is 4.39 Å². The number of carbonyl (C=O) groups is 1. The number of nitrogens with zero attached hydrogens (tertiary/aromatic N) is 3. The Bertz CT molecular complexity index is 1110. The lowest BCUT2D eigenvalue weighted by Crippen LogP contribution is -2.20. The number of hydrogen-bond donors (Lipinski definition) is 1. The molecule has 0 aliphatic rings. The first-order chi connectivity index (χ1) is 13.1. The van der Waals surface area contributed by atoms with Gasteiger partial charge in [0.25, 0.3) is 0 Å². The van der Waals surface area contributed by atoms with Crippen LogP contribution >= 0.6 is 0 Å². The Hall–Kier alpha value is -3.74. The molecule has 3 heterocycles. The molecular weight excluding hydrogens is 349 g/mol. The molecule has 0 spiro atoms. The Morgan fingerprint density at radius 2 is 1.78 bits per heavy atom. The van der Waals surface area contributed by atoms with E-state index in [0.717, 1.165) is 16.7 Å². The lowest BCUT2D eigenvalue weighted by Gasteiger charge is -2.12. The molecule has 0 fully saturated rings. The van der Waals surface area contributed by atoms with E-state index in [0.29, 0.717) is 16.7 Å². The molecule has 1 aromatic carbocycles. The van der Waals surface area contributed by atoms with E-state index in [-0.39, 0.29) is 5.82 Å². The van der Waals surface area contributed by atoms with Crippen molar-refractivity contribution in [2.45, 2.75) is 0 Å². The maximum Gasteiger partial charge on any atom is 0.344 e. The zero-order chi connectivity index (χ0) is 18.8. The molecule has 6 nitrogen and oxygen atoms in total. The zero-order valence-corrected chi connectivity index (χ0v) is 14.0. The van der Waals surface area contributed by atoms with Gasteiger partial charge in [0.05, 0.1) is 5.69 Å². The number of carboxylic acid groups (broad SMARTS) is 1. The first kappa shape index (κ1) is 16.7. The lowest BCUT2D eigenvalue weighted by molar-refractivity contribution is -0.142. The van der Waals surface area contributed by atoms with Gasteiger partial charge in [-0.1, -0.05) is 12.1 Å². The summed E-state index contributed by atoms with van der Waals surface area (Å²) in [6, 6.07) is 13.2. The van der Waals surface area contributed by atoms with Gasteiger partial charge in [0.1, 0.15) is 16.9 Å². The molecule has 0 amide bonds. The van der Waals surface area contributed by atoms with Crippen LogP contribution in [0, 0.1) is 5.82 Å². The Balaban J connectivity index is 2.05. The minimum absolute atomic E-state index is 0.344. The molecule has 4 aromatic rings. The van der Waals surface area contributed by atoms with Crippen LogP contribution in [0.1, 0.15) is 0 Å². The number of aromatic nitrogens is 3. The highest BCUT2D eigenvalue weighted by atomic mass is 19.1. The van der Waals surface area contributed by atoms with Crippen molar-refractivity contribution in [3.05, 3.63) is 72.9 Å². The molecule has 134 valence electrons. The number of pyridine rings is 2. The molecule has 0 atom stereocenters. The fourth-order valence-electron chi connectivity index (χ4n) is 3.00. The van der Waals surface area contributed by atoms with Gasteiger partial charge in [-0.2, -0.15) is 4.73 Å². The highest BCUT2D eigenvalue weighted by Crippen LogP contribution is 2.39. The normalized spacial score (nSPS) is 10.9. The van der Waals surface area contributed by atoms with Gasteiger partial charge >= 0.3 is 5.97 Å². The Morgan fingerprint density at radius 3 is 2.48 bits per heavy atom. The fraction of sp³-hybridized carbons (Fsp3) is 0.0500. The summed E-state index contributed by atoms with van der Waals surface area (Å²) in [4.78, 5) is 25.1. The molecule has 3 aromatic heterocycles. The van der Waals surface area contributed by atoms with Gasteiger partial charge in [-0.25, -0.2) is 9.18 Å². The van der Waals surface area contributed by atoms with E-state index in [1.165, 1.54) is 16.9 Å². The second-order valence-electron chi connectivity index (χ2n) is 5.80. The second kappa shape index (κ2) is 6.87. The molecule has 0 radical (unpaired) electrons. The average Bonchev–Trinajstić information content (AvgIpc) is 3.02. The summed E-state index contributed by atoms with van der Waals surface area (Å²) in [5.74, 6) is -1.44. The van der Waals surface area contributed by atoms with Crippen LogP contribution in [-0.2, 0) is 4.79 Å². The summed E-state index contributed by atoms with van der Waals surface area (Å²) in [6.45, 7) is -0.514. The van der Waals surface area contributed by atoms with Crippen molar-refractivity contribution in [1.29, 1.82) is 0 Å². The summed E-state index contributed by atoms with van der Waals surface area (Å²) in [5.41, 5.74) is 4.10. The van der Waals surface area contributed by atoms with E-state index in [1.54, 1.807) is 55.0 Å². The van der Waals surface area contributed by atoms with Crippen LogP contribution in [0.3, 0.4) is 0 Å². The van der Waals surface area contributed by atoms with Crippen LogP contribution in [-0.4, -0.2) is 32.4 Å². The van der Waals surface area contributed by atoms with Gasteiger partial charge in [0.15, 0.2) is 0 Å². The van der Waals surface area contributed by atoms with Gasteiger partial charge in [-0.3, -0.25) is 9.97 Å². The van der Waals surface area contributed by atoms with Crippen LogP contribution in [0.5, 0.6) is 0 Å². The average molecular weight is 363 g/mol. The summed E-state index contributed by atoms with van der Waals surface area (Å²) >= 11 is 0. The highest BCUT2D eigenvalue weighted by molar-refractivity contribution is 6.02. The van der Waals surface area contributed by atoms with Crippen molar-refractivity contribution < 1.29 is 19.1 Å². The number of aliphatic carboxylic acids is 1. The van der Waals surface area contributed by atoms with Gasteiger partial charge in [0.2, 0.25) is 6.61 Å². The molecule has 0 aliphatic heterocycles. The maximum atomic E-state index is 13.4. The Morgan fingerprint density at radius 1 is 1.04 bits per heavy atom. The van der Waals surface area contributed by atoms with E-state index in [4.69, 9.17) is 9.94 Å². The predicted octanol–water partition coefficient (Wildman–Crippen LogP) is 3.42. The van der Waals surface area contributed by atoms with Gasteiger partial charge < -0.3 is 9.94 Å². The SMILES string of the molecule is O=C(O)COn1c(-c2ccncc2)c(-c2ccc(F)cc2)c2ncccc21. The largest absolute Gasteiger partial charge is 0.479 e. The summed E-state index contributed by atoms with van der Waals surface area (Å²) in [5, 5.41) is 9.06. The van der Waals surface area contributed by atoms with Crippen molar-refractivity contribution in [1.82, 2.24) is 14.7 Å². The summed E-state index contributed by atoms with van der Waals surface area (Å²) < 4.78 is 14.9. The van der Waals surface area contributed by atoms with Gasteiger partial charge in [0, 0.05) is 29.7 Å². The molecule has 7 heteroatoms. The number of hydrogen-bond acceptors (Lipinski definition) is 4. The number of benzene rings is 1. The van der Waals surface area contributed by atoms with Crippen molar-refractivity contribution in [3.8, 4) is 22.4 Å². The van der Waals surface area contributed by atoms with E-state index in [1.807, 2.05) is 0 Å². The van der Waals surface area contributed by atoms with Crippen molar-refractivity contribution in [3.63, 3.8) is 0 Å². The van der Waals surface area contributed by atoms with Crippen LogP contribution < -0.4 is 4.84 Å². The number of rotatable bonds is 5. The van der Waals surface area contributed by atoms with E-state index < -0.39 is 12.6 Å². The van der Waals surface area contributed by atoms with Crippen molar-refractivity contribution >= 4 is 17.0 Å². The third kappa shape index (κ3) is 3.10. The van der Waals surface area contributed by atoms with Gasteiger partial charge in [-0.05, 0) is 42.0 Å². The predicted molar refractivity (Wildman–Crippen MR) is 97.4 cm³/mol. The molecule has 1 N–H and O–H groups in total. The van der Waals surface area contributed by atoms with Crippen molar-refractivity contribution in [2.24, 2.45) is 0 Å². The smallest absolute Gasteiger partial charge is 0.344 e. The molecule has 0 unspecified atom stereocenters. The van der Waals surface area contributed by atoms with E-state index in [9.17, 15) is 9.18 Å². The molecule has 0 saturated carbocycles. The van der Waals surface area contributed by atoms with Crippen LogP contribution in [0.15, 0.2) is 67.1 Å². The van der Waals surface area contributed by atoms with Crippen LogP contribution in [0.2, 0.25) is 0 Å². The summed E-state index contributed by atoms with van der Waals surface area (Å²) in [7, 11) is 0. The quantitative estimate of drug-likeness (QED) is 0.588. The minimum Gasteiger partial charge on any atom is -0.479 e. The van der Waals surface area contributed by atoms with Crippen molar-refractivity contribution in [2.75, 3.05) is 6.61 Å². The number of carboxylic acids is 1. The fourth-order valence-corrected chi connectivity index (χ4v) is 3.00. The molecule has 27 heavy (non-hydrogen) atoms. The third-order valence-electron chi connectivity index (χ3n) is 4.09. The Labute approximate surface area is 153 Å². The Kier molecular flexibility index (Phi) is 4.25. The standard InChI is InChI=1S/C20H14FN3O3/c21-15-5-3-13(4-6-15)18-19-16(2-1-9-23-19)24(27-12-17(25)26)20(18)14-7-10-22-11-8-14/h1-11H,12H2,(H,25,26). The molecule has 4 rings (SSSR count). The number of fused-ring (bicyclic) bond motifs is 1. The molecule has 0 aliphatic carbocycles. The lowest BCUT2D eigenvalue weighted by atomic mass is 10.0. The molecular formula is C20H14FN3O3. The maximum absolute atomic E-state index is 13.4. The minimum atomic E-state index is -1.09. The third-order valence-corrected chi connectivity index (χ3v) is 4.09. The first-order valence-corrected chi connectivity index (χ1v) is 8.16. The molecule has 0 bridgehead atoms. The number of halogens is 1.